The van der Waals surface area contributed by atoms with E-state index in [1.165, 1.54) is 4.57 Å². The molecule has 1 aliphatic rings. The Kier molecular flexibility index (Phi) is 4.39. The average molecular weight is 353 g/mol. The predicted molar refractivity (Wildman–Crippen MR) is 95.9 cm³/mol. The lowest BCUT2D eigenvalue weighted by Crippen LogP contribution is -2.49. The second kappa shape index (κ2) is 6.99. The molecule has 0 aliphatic carbocycles. The Balaban J connectivity index is 1.43. The van der Waals surface area contributed by atoms with Crippen LogP contribution in [0.3, 0.4) is 0 Å². The largest absolute Gasteiger partial charge is 0.420 e. The Bertz CT molecular complexity index is 966. The van der Waals surface area contributed by atoms with E-state index in [0.29, 0.717) is 17.6 Å². The Morgan fingerprint density at radius 3 is 3.04 bits per heavy atom. The van der Waals surface area contributed by atoms with E-state index in [4.69, 9.17) is 4.42 Å². The molecule has 0 unspecified atom stereocenters. The first-order valence-electron chi connectivity index (χ1n) is 8.59. The zero-order valence-corrected chi connectivity index (χ0v) is 14.2. The van der Waals surface area contributed by atoms with E-state index in [9.17, 15) is 9.59 Å². The maximum Gasteiger partial charge on any atom is 0.420 e. The molecule has 1 N–H and O–H groups in total. The number of nitrogens with one attached hydrogen (secondary N) is 1. The summed E-state index contributed by atoms with van der Waals surface area (Å²) in [6.45, 7) is 1.50. The Labute approximate surface area is 149 Å². The van der Waals surface area contributed by atoms with Crippen LogP contribution in [0.15, 0.2) is 52.1 Å². The number of fused-ring (bicyclic) bond motifs is 1. The average Bonchev–Trinajstić information content (AvgIpc) is 2.98. The standard InChI is InChI=1S/C18H19N5O3/c24-17(12-23-14-5-1-2-6-15(14)26-18(23)25)21-13-4-3-9-22(11-13)16-10-19-7-8-20-16/h1-2,5-8,10,13H,3-4,9,11-12H2,(H,21,24)/t13-/m0/s1. The van der Waals surface area contributed by atoms with Crippen LogP contribution in [-0.2, 0) is 11.3 Å². The van der Waals surface area contributed by atoms with E-state index < -0.39 is 5.76 Å². The van der Waals surface area contributed by atoms with Gasteiger partial charge in [-0.1, -0.05) is 12.1 Å². The molecule has 1 saturated heterocycles. The second-order valence-corrected chi connectivity index (χ2v) is 6.34. The SMILES string of the molecule is O=C(Cn1c(=O)oc2ccccc21)N[C@H]1CCCN(c2cnccn2)C1. The highest BCUT2D eigenvalue weighted by Crippen LogP contribution is 2.17. The number of aromatic nitrogens is 3. The van der Waals surface area contributed by atoms with Gasteiger partial charge in [0.25, 0.3) is 0 Å². The van der Waals surface area contributed by atoms with Crippen molar-refractivity contribution in [3.63, 3.8) is 0 Å². The lowest BCUT2D eigenvalue weighted by molar-refractivity contribution is -0.122. The molecule has 134 valence electrons. The first-order valence-corrected chi connectivity index (χ1v) is 8.59. The lowest BCUT2D eigenvalue weighted by Gasteiger charge is -2.33. The molecule has 0 spiro atoms. The molecule has 2 aromatic heterocycles. The fraction of sp³-hybridized carbons (Fsp3) is 0.333. The van der Waals surface area contributed by atoms with E-state index >= 15 is 0 Å². The van der Waals surface area contributed by atoms with Crippen molar-refractivity contribution in [3.8, 4) is 0 Å². The maximum absolute atomic E-state index is 12.5. The van der Waals surface area contributed by atoms with Crippen LogP contribution in [0.5, 0.6) is 0 Å². The van der Waals surface area contributed by atoms with E-state index in [0.717, 1.165) is 25.2 Å². The van der Waals surface area contributed by atoms with Crippen molar-refractivity contribution in [2.45, 2.75) is 25.4 Å². The minimum atomic E-state index is -0.522. The van der Waals surface area contributed by atoms with Crippen molar-refractivity contribution in [3.05, 3.63) is 53.4 Å². The minimum Gasteiger partial charge on any atom is -0.408 e. The first kappa shape index (κ1) is 16.3. The summed E-state index contributed by atoms with van der Waals surface area (Å²) < 4.78 is 6.52. The quantitative estimate of drug-likeness (QED) is 0.757. The van der Waals surface area contributed by atoms with Gasteiger partial charge < -0.3 is 14.6 Å². The van der Waals surface area contributed by atoms with Gasteiger partial charge in [0.1, 0.15) is 12.4 Å². The van der Waals surface area contributed by atoms with Crippen molar-refractivity contribution in [1.29, 1.82) is 0 Å². The van der Waals surface area contributed by atoms with E-state index in [2.05, 4.69) is 20.2 Å². The van der Waals surface area contributed by atoms with Crippen molar-refractivity contribution in [1.82, 2.24) is 19.9 Å². The van der Waals surface area contributed by atoms with Gasteiger partial charge >= 0.3 is 5.76 Å². The predicted octanol–water partition coefficient (Wildman–Crippen LogP) is 1.17. The molecule has 8 nitrogen and oxygen atoms in total. The number of benzene rings is 1. The lowest BCUT2D eigenvalue weighted by atomic mass is 10.1. The van der Waals surface area contributed by atoms with Gasteiger partial charge in [0.2, 0.25) is 5.91 Å². The molecule has 8 heteroatoms. The third-order valence-electron chi connectivity index (χ3n) is 4.54. The van der Waals surface area contributed by atoms with Crippen LogP contribution in [0.4, 0.5) is 5.82 Å². The number of rotatable bonds is 4. The monoisotopic (exact) mass is 353 g/mol. The summed E-state index contributed by atoms with van der Waals surface area (Å²) in [6, 6.07) is 7.09. The normalized spacial score (nSPS) is 17.4. The van der Waals surface area contributed by atoms with Gasteiger partial charge in [-0.15, -0.1) is 0 Å². The van der Waals surface area contributed by atoms with Crippen LogP contribution >= 0.6 is 0 Å². The number of carbonyl (C=O) groups is 1. The van der Waals surface area contributed by atoms with Gasteiger partial charge in [-0.2, -0.15) is 0 Å². The summed E-state index contributed by atoms with van der Waals surface area (Å²) in [5, 5.41) is 3.02. The van der Waals surface area contributed by atoms with E-state index in [1.807, 2.05) is 6.07 Å². The van der Waals surface area contributed by atoms with Gasteiger partial charge in [-0.3, -0.25) is 14.3 Å². The number of hydrogen-bond donors (Lipinski definition) is 1. The zero-order chi connectivity index (χ0) is 17.9. The summed E-state index contributed by atoms with van der Waals surface area (Å²) in [7, 11) is 0. The number of anilines is 1. The second-order valence-electron chi connectivity index (χ2n) is 6.34. The molecule has 1 fully saturated rings. The van der Waals surface area contributed by atoms with Gasteiger partial charge in [0, 0.05) is 31.5 Å². The molecule has 1 aromatic carbocycles. The molecule has 3 heterocycles. The third kappa shape index (κ3) is 3.30. The van der Waals surface area contributed by atoms with Gasteiger partial charge in [0.15, 0.2) is 5.58 Å². The number of oxazole rings is 1. The van der Waals surface area contributed by atoms with Gasteiger partial charge in [-0.25, -0.2) is 9.78 Å². The summed E-state index contributed by atoms with van der Waals surface area (Å²) >= 11 is 0. The first-order chi connectivity index (χ1) is 12.7. The van der Waals surface area contributed by atoms with Gasteiger partial charge in [0.05, 0.1) is 11.7 Å². The van der Waals surface area contributed by atoms with Crippen LogP contribution < -0.4 is 16.0 Å². The van der Waals surface area contributed by atoms with Crippen LogP contribution in [0.1, 0.15) is 12.8 Å². The van der Waals surface area contributed by atoms with Crippen molar-refractivity contribution >= 4 is 22.8 Å². The highest BCUT2D eigenvalue weighted by atomic mass is 16.4. The maximum atomic E-state index is 12.5. The van der Waals surface area contributed by atoms with Crippen LogP contribution in [0, 0.1) is 0 Å². The van der Waals surface area contributed by atoms with Crippen molar-refractivity contribution in [2.24, 2.45) is 0 Å². The number of carbonyl (C=O) groups excluding carboxylic acids is 1. The molecule has 4 rings (SSSR count). The van der Waals surface area contributed by atoms with E-state index in [-0.39, 0.29) is 18.5 Å². The smallest absolute Gasteiger partial charge is 0.408 e. The number of amides is 1. The number of para-hydroxylation sites is 2. The van der Waals surface area contributed by atoms with E-state index in [1.54, 1.807) is 36.8 Å². The van der Waals surface area contributed by atoms with Crippen molar-refractivity contribution < 1.29 is 9.21 Å². The molecule has 0 saturated carbocycles. The topological polar surface area (TPSA) is 93.3 Å². The summed E-state index contributed by atoms with van der Waals surface area (Å²) in [4.78, 5) is 35.0. The molecular formula is C18H19N5O3. The molecule has 1 atom stereocenters. The number of piperidine rings is 1. The molecule has 0 radical (unpaired) electrons. The number of hydrogen-bond acceptors (Lipinski definition) is 6. The van der Waals surface area contributed by atoms with Gasteiger partial charge in [-0.05, 0) is 25.0 Å². The zero-order valence-electron chi connectivity index (χ0n) is 14.2. The Morgan fingerprint density at radius 1 is 1.31 bits per heavy atom. The molecule has 1 aliphatic heterocycles. The summed E-state index contributed by atoms with van der Waals surface area (Å²) in [6.07, 6.45) is 6.87. The summed E-state index contributed by atoms with van der Waals surface area (Å²) in [5.41, 5.74) is 1.11. The van der Waals surface area contributed by atoms with Crippen LogP contribution in [-0.4, -0.2) is 39.6 Å². The molecular weight excluding hydrogens is 334 g/mol. The number of nitrogens with zero attached hydrogens (tertiary/aromatic N) is 4. The molecule has 0 bridgehead atoms. The fourth-order valence-corrected chi connectivity index (χ4v) is 3.34. The fourth-order valence-electron chi connectivity index (χ4n) is 3.34. The summed E-state index contributed by atoms with van der Waals surface area (Å²) in [5.74, 6) is 0.0827. The highest BCUT2D eigenvalue weighted by molar-refractivity contribution is 5.79. The molecule has 3 aromatic rings. The third-order valence-corrected chi connectivity index (χ3v) is 4.54. The molecule has 1 amide bonds. The Morgan fingerprint density at radius 2 is 2.19 bits per heavy atom. The Hall–Kier alpha value is -3.16. The van der Waals surface area contributed by atoms with Crippen LogP contribution in [0.25, 0.3) is 11.1 Å². The van der Waals surface area contributed by atoms with Crippen LogP contribution in [0.2, 0.25) is 0 Å². The van der Waals surface area contributed by atoms with Crippen molar-refractivity contribution in [2.75, 3.05) is 18.0 Å². The highest BCUT2D eigenvalue weighted by Gasteiger charge is 2.23. The molecule has 26 heavy (non-hydrogen) atoms. The minimum absolute atomic E-state index is 0.00660.